The minimum Gasteiger partial charge on any atom is -0.466 e. The second kappa shape index (κ2) is 57.9. The average molecular weight is 959 g/mol. The molecule has 0 aromatic rings. The molecule has 0 rings (SSSR count). The monoisotopic (exact) mass is 958 g/mol. The lowest BCUT2D eigenvalue weighted by molar-refractivity contribution is -0.143. The second-order valence-electron chi connectivity index (χ2n) is 21.0. The molecule has 3 N–H and O–H groups in total. The van der Waals surface area contributed by atoms with Crippen LogP contribution >= 0.6 is 0 Å². The highest BCUT2D eigenvalue weighted by Crippen LogP contribution is 2.17. The number of unbranched alkanes of at least 4 members (excludes halogenated alkanes) is 44. The van der Waals surface area contributed by atoms with Crippen LogP contribution in [-0.2, 0) is 14.3 Å². The van der Waals surface area contributed by atoms with Crippen LogP contribution in [-0.4, -0.2) is 47.4 Å². The van der Waals surface area contributed by atoms with E-state index in [2.05, 4.69) is 31.3 Å². The maximum absolute atomic E-state index is 12.5. The molecule has 0 heterocycles. The summed E-state index contributed by atoms with van der Waals surface area (Å²) in [5.41, 5.74) is 0. The molecule has 0 aromatic heterocycles. The van der Waals surface area contributed by atoms with Crippen molar-refractivity contribution in [1.82, 2.24) is 5.32 Å². The van der Waals surface area contributed by atoms with E-state index in [9.17, 15) is 19.8 Å². The van der Waals surface area contributed by atoms with Crippen molar-refractivity contribution in [2.45, 2.75) is 347 Å². The quantitative estimate of drug-likeness (QED) is 0.0321. The lowest BCUT2D eigenvalue weighted by Crippen LogP contribution is -2.45. The van der Waals surface area contributed by atoms with Crippen LogP contribution in [0.3, 0.4) is 0 Å². The van der Waals surface area contributed by atoms with Gasteiger partial charge in [0.25, 0.3) is 0 Å². The maximum atomic E-state index is 12.5. The van der Waals surface area contributed by atoms with Crippen LogP contribution in [0.1, 0.15) is 335 Å². The molecule has 1 amide bonds. The van der Waals surface area contributed by atoms with Gasteiger partial charge in [-0.05, 0) is 57.8 Å². The van der Waals surface area contributed by atoms with Gasteiger partial charge in [0, 0.05) is 12.8 Å². The zero-order chi connectivity index (χ0) is 49.3. The van der Waals surface area contributed by atoms with E-state index >= 15 is 0 Å². The summed E-state index contributed by atoms with van der Waals surface area (Å²) in [7, 11) is 0. The largest absolute Gasteiger partial charge is 0.466 e. The number of ether oxygens (including phenoxy) is 1. The molecule has 0 fully saturated rings. The zero-order valence-electron chi connectivity index (χ0n) is 45.9. The molecule has 0 radical (unpaired) electrons. The standard InChI is InChI=1S/C62H119NO5/c1-3-5-7-9-11-13-15-17-19-28-32-36-40-44-48-52-56-62(67)68-57-53-49-45-41-37-33-29-25-23-21-20-22-24-27-31-35-39-43-47-51-55-61(66)63-59(58-64)60(65)54-50-46-42-38-34-30-26-18-16-14-12-10-8-6-4-2/h19,28,50,54,59-60,64-65H,3-18,20-27,29-49,51-53,55-58H2,1-2H3,(H,63,66)/b28-19-,54-50+. The number of aliphatic hydroxyl groups excluding tert-OH is 2. The summed E-state index contributed by atoms with van der Waals surface area (Å²) < 4.78 is 5.48. The topological polar surface area (TPSA) is 95.9 Å². The van der Waals surface area contributed by atoms with E-state index in [1.54, 1.807) is 6.08 Å². The molecular formula is C62H119NO5. The smallest absolute Gasteiger partial charge is 0.305 e. The number of carbonyl (C=O) groups excluding carboxylic acids is 2. The number of hydrogen-bond acceptors (Lipinski definition) is 5. The summed E-state index contributed by atoms with van der Waals surface area (Å²) in [6, 6.07) is -0.629. The van der Waals surface area contributed by atoms with E-state index in [4.69, 9.17) is 4.74 Å². The number of hydrogen-bond donors (Lipinski definition) is 3. The lowest BCUT2D eigenvalue weighted by Gasteiger charge is -2.20. The molecule has 402 valence electrons. The van der Waals surface area contributed by atoms with Gasteiger partial charge in [0.1, 0.15) is 0 Å². The highest BCUT2D eigenvalue weighted by molar-refractivity contribution is 5.76. The number of nitrogens with one attached hydrogen (secondary N) is 1. The van der Waals surface area contributed by atoms with Crippen LogP contribution in [0.15, 0.2) is 24.3 Å². The van der Waals surface area contributed by atoms with E-state index in [0.29, 0.717) is 19.4 Å². The van der Waals surface area contributed by atoms with Gasteiger partial charge in [-0.2, -0.15) is 0 Å². The van der Waals surface area contributed by atoms with E-state index in [0.717, 1.165) is 44.9 Å². The minimum absolute atomic E-state index is 0.00286. The average Bonchev–Trinajstić information content (AvgIpc) is 3.34. The first-order chi connectivity index (χ1) is 33.5. The Hall–Kier alpha value is -1.66. The highest BCUT2D eigenvalue weighted by Gasteiger charge is 2.18. The van der Waals surface area contributed by atoms with Crippen molar-refractivity contribution in [2.24, 2.45) is 0 Å². The summed E-state index contributed by atoms with van der Waals surface area (Å²) in [6.07, 6.45) is 70.7. The van der Waals surface area contributed by atoms with Crippen LogP contribution in [0.25, 0.3) is 0 Å². The molecule has 0 aliphatic heterocycles. The Morgan fingerprint density at radius 1 is 0.397 bits per heavy atom. The Bertz CT molecular complexity index is 1060. The molecule has 0 aliphatic carbocycles. The number of aliphatic hydroxyl groups is 2. The number of carbonyl (C=O) groups is 2. The number of esters is 1. The first kappa shape index (κ1) is 66.3. The molecule has 2 unspecified atom stereocenters. The van der Waals surface area contributed by atoms with Gasteiger partial charge in [0.2, 0.25) is 5.91 Å². The first-order valence-corrected chi connectivity index (χ1v) is 30.6. The van der Waals surface area contributed by atoms with Crippen molar-refractivity contribution in [3.8, 4) is 0 Å². The van der Waals surface area contributed by atoms with Crippen LogP contribution < -0.4 is 5.32 Å². The molecule has 68 heavy (non-hydrogen) atoms. The zero-order valence-corrected chi connectivity index (χ0v) is 45.9. The Kier molecular flexibility index (Phi) is 56.5. The summed E-state index contributed by atoms with van der Waals surface area (Å²) in [5, 5.41) is 23.1. The summed E-state index contributed by atoms with van der Waals surface area (Å²) in [5.74, 6) is -0.0655. The Balaban J connectivity index is 3.41. The van der Waals surface area contributed by atoms with Crippen molar-refractivity contribution in [2.75, 3.05) is 13.2 Å². The van der Waals surface area contributed by atoms with Crippen molar-refractivity contribution in [3.63, 3.8) is 0 Å². The lowest BCUT2D eigenvalue weighted by atomic mass is 10.0. The number of rotatable bonds is 57. The van der Waals surface area contributed by atoms with E-state index in [1.165, 1.54) is 263 Å². The van der Waals surface area contributed by atoms with E-state index in [1.807, 2.05) is 6.08 Å². The van der Waals surface area contributed by atoms with Gasteiger partial charge >= 0.3 is 5.97 Å². The normalized spacial score (nSPS) is 12.7. The molecular weight excluding hydrogens is 839 g/mol. The molecule has 6 heteroatoms. The molecule has 0 saturated carbocycles. The second-order valence-corrected chi connectivity index (χ2v) is 21.0. The van der Waals surface area contributed by atoms with Crippen LogP contribution in [0.2, 0.25) is 0 Å². The predicted molar refractivity (Wildman–Crippen MR) is 296 cm³/mol. The van der Waals surface area contributed by atoms with Crippen molar-refractivity contribution < 1.29 is 24.5 Å². The SMILES string of the molecule is CCCCCCCCC/C=C\CCCCCCCC(=O)OCCCCCCCCCCCCCCCCCCCCCCC(=O)NC(CO)C(O)/C=C/CCCCCCCCCCCCCCC. The summed E-state index contributed by atoms with van der Waals surface area (Å²) in [6.45, 7) is 4.91. The maximum Gasteiger partial charge on any atom is 0.305 e. The van der Waals surface area contributed by atoms with Crippen molar-refractivity contribution >= 4 is 11.9 Å². The van der Waals surface area contributed by atoms with Gasteiger partial charge in [-0.25, -0.2) is 0 Å². The third-order valence-electron chi connectivity index (χ3n) is 14.2. The van der Waals surface area contributed by atoms with Crippen molar-refractivity contribution in [1.29, 1.82) is 0 Å². The molecule has 0 bridgehead atoms. The predicted octanol–water partition coefficient (Wildman–Crippen LogP) is 19.0. The van der Waals surface area contributed by atoms with E-state index in [-0.39, 0.29) is 18.5 Å². The fourth-order valence-electron chi connectivity index (χ4n) is 9.51. The van der Waals surface area contributed by atoms with Crippen LogP contribution in [0.4, 0.5) is 0 Å². The van der Waals surface area contributed by atoms with E-state index < -0.39 is 12.1 Å². The Morgan fingerprint density at radius 2 is 0.691 bits per heavy atom. The fraction of sp³-hybridized carbons (Fsp3) is 0.903. The van der Waals surface area contributed by atoms with Gasteiger partial charge in [0.15, 0.2) is 0 Å². The molecule has 0 saturated heterocycles. The Labute approximate surface area is 424 Å². The van der Waals surface area contributed by atoms with Gasteiger partial charge < -0.3 is 20.3 Å². The number of amides is 1. The molecule has 0 spiro atoms. The molecule has 0 aromatic carbocycles. The third kappa shape index (κ3) is 53.7. The van der Waals surface area contributed by atoms with Gasteiger partial charge in [-0.1, -0.05) is 289 Å². The Morgan fingerprint density at radius 3 is 1.04 bits per heavy atom. The molecule has 0 aliphatic rings. The molecule has 6 nitrogen and oxygen atoms in total. The summed E-state index contributed by atoms with van der Waals surface area (Å²) >= 11 is 0. The van der Waals surface area contributed by atoms with Gasteiger partial charge in [-0.3, -0.25) is 9.59 Å². The van der Waals surface area contributed by atoms with Gasteiger partial charge in [-0.15, -0.1) is 0 Å². The number of allylic oxidation sites excluding steroid dienone is 3. The van der Waals surface area contributed by atoms with Crippen molar-refractivity contribution in [3.05, 3.63) is 24.3 Å². The first-order valence-electron chi connectivity index (χ1n) is 30.6. The van der Waals surface area contributed by atoms with Crippen LogP contribution in [0.5, 0.6) is 0 Å². The third-order valence-corrected chi connectivity index (χ3v) is 14.2. The highest BCUT2D eigenvalue weighted by atomic mass is 16.5. The summed E-state index contributed by atoms with van der Waals surface area (Å²) in [4.78, 5) is 24.5. The van der Waals surface area contributed by atoms with Crippen LogP contribution in [0, 0.1) is 0 Å². The minimum atomic E-state index is -0.845. The fourth-order valence-corrected chi connectivity index (χ4v) is 9.51. The van der Waals surface area contributed by atoms with Gasteiger partial charge in [0.05, 0.1) is 25.4 Å². The molecule has 2 atom stereocenters.